The summed E-state index contributed by atoms with van der Waals surface area (Å²) in [6.45, 7) is 4.15. The number of carbonyl (C=O) groups excluding carboxylic acids is 1. The Morgan fingerprint density at radius 1 is 1.15 bits per heavy atom. The Morgan fingerprint density at radius 2 is 1.81 bits per heavy atom. The normalized spacial score (nSPS) is 21.2. The third-order valence-electron chi connectivity index (χ3n) is 6.05. The van der Waals surface area contributed by atoms with E-state index in [1.54, 1.807) is 0 Å². The lowest BCUT2D eigenvalue weighted by Gasteiger charge is -2.24. The molecule has 27 heavy (non-hydrogen) atoms. The Kier molecular flexibility index (Phi) is 6.15. The van der Waals surface area contributed by atoms with E-state index in [-0.39, 0.29) is 35.7 Å². The zero-order chi connectivity index (χ0) is 18.1. The highest BCUT2D eigenvalue weighted by Crippen LogP contribution is 2.58. The summed E-state index contributed by atoms with van der Waals surface area (Å²) >= 11 is 6.02. The van der Waals surface area contributed by atoms with Crippen LogP contribution in [0.3, 0.4) is 0 Å². The summed E-state index contributed by atoms with van der Waals surface area (Å²) < 4.78 is 0. The largest absolute Gasteiger partial charge is 0.349 e. The number of piperidine rings is 1. The molecule has 2 aliphatic rings. The molecule has 0 aromatic heterocycles. The van der Waals surface area contributed by atoms with E-state index >= 15 is 0 Å². The van der Waals surface area contributed by atoms with Gasteiger partial charge in [0, 0.05) is 10.9 Å². The molecule has 2 atom stereocenters. The minimum Gasteiger partial charge on any atom is -0.349 e. The average Bonchev–Trinajstić information content (AvgIpc) is 3.36. The maximum Gasteiger partial charge on any atom is 0.224 e. The van der Waals surface area contributed by atoms with Gasteiger partial charge in [0.05, 0.1) is 6.04 Å². The highest BCUT2D eigenvalue weighted by atomic mass is 35.5. The standard InChI is InChI=1S/C22H25ClN2O.ClH/c1-15(25-21(26)20-14-22(20)10-12-24-13-11-22)18-4-2-3-5-19(18)16-6-8-17(23)9-7-16;/h2-9,15,20,24H,10-14H2,1H3,(H,25,26);1H. The number of halogens is 2. The molecule has 5 heteroatoms. The molecule has 0 bridgehead atoms. The number of nitrogens with one attached hydrogen (secondary N) is 2. The molecular formula is C22H26Cl2N2O. The maximum absolute atomic E-state index is 12.8. The fourth-order valence-electron chi connectivity index (χ4n) is 4.35. The van der Waals surface area contributed by atoms with Crippen molar-refractivity contribution in [2.75, 3.05) is 13.1 Å². The van der Waals surface area contributed by atoms with Gasteiger partial charge in [-0.1, -0.05) is 48.0 Å². The fraction of sp³-hybridized carbons (Fsp3) is 0.409. The molecule has 2 fully saturated rings. The molecule has 144 valence electrons. The van der Waals surface area contributed by atoms with E-state index in [1.807, 2.05) is 36.4 Å². The van der Waals surface area contributed by atoms with Gasteiger partial charge in [-0.25, -0.2) is 0 Å². The van der Waals surface area contributed by atoms with Crippen LogP contribution in [-0.4, -0.2) is 19.0 Å². The number of benzene rings is 2. The van der Waals surface area contributed by atoms with Gasteiger partial charge in [-0.2, -0.15) is 0 Å². The van der Waals surface area contributed by atoms with Crippen molar-refractivity contribution < 1.29 is 4.79 Å². The zero-order valence-electron chi connectivity index (χ0n) is 15.5. The van der Waals surface area contributed by atoms with Gasteiger partial charge < -0.3 is 10.6 Å². The SMILES string of the molecule is CC(NC(=O)C1CC12CCNCC2)c1ccccc1-c1ccc(Cl)cc1.Cl. The first kappa shape index (κ1) is 20.2. The molecule has 2 aromatic carbocycles. The minimum absolute atomic E-state index is 0. The van der Waals surface area contributed by atoms with Crippen LogP contribution in [0.5, 0.6) is 0 Å². The second kappa shape index (κ2) is 8.22. The molecule has 2 unspecified atom stereocenters. The summed E-state index contributed by atoms with van der Waals surface area (Å²) in [5, 5.41) is 7.39. The van der Waals surface area contributed by atoms with Crippen molar-refractivity contribution >= 4 is 29.9 Å². The summed E-state index contributed by atoms with van der Waals surface area (Å²) in [5.41, 5.74) is 3.67. The zero-order valence-corrected chi connectivity index (χ0v) is 17.1. The number of carbonyl (C=O) groups is 1. The maximum atomic E-state index is 12.8. The first-order valence-electron chi connectivity index (χ1n) is 9.45. The topological polar surface area (TPSA) is 41.1 Å². The van der Waals surface area contributed by atoms with Crippen LogP contribution in [0.4, 0.5) is 0 Å². The minimum atomic E-state index is -0.0197. The van der Waals surface area contributed by atoms with Gasteiger partial charge in [0.1, 0.15) is 0 Å². The van der Waals surface area contributed by atoms with Crippen LogP contribution in [0.25, 0.3) is 11.1 Å². The van der Waals surface area contributed by atoms with Crippen molar-refractivity contribution in [1.82, 2.24) is 10.6 Å². The Balaban J connectivity index is 0.00000210. The predicted octanol–water partition coefficient (Wildman–Crippen LogP) is 5.00. The van der Waals surface area contributed by atoms with E-state index in [4.69, 9.17) is 11.6 Å². The summed E-state index contributed by atoms with van der Waals surface area (Å²) in [4.78, 5) is 12.8. The van der Waals surface area contributed by atoms with E-state index in [9.17, 15) is 4.79 Å². The first-order valence-corrected chi connectivity index (χ1v) is 9.83. The smallest absolute Gasteiger partial charge is 0.224 e. The molecule has 1 aliphatic heterocycles. The Labute approximate surface area is 172 Å². The van der Waals surface area contributed by atoms with Crippen molar-refractivity contribution in [2.45, 2.75) is 32.2 Å². The van der Waals surface area contributed by atoms with E-state index in [1.165, 1.54) is 0 Å². The van der Waals surface area contributed by atoms with Crippen LogP contribution in [0.2, 0.25) is 5.02 Å². The van der Waals surface area contributed by atoms with Crippen LogP contribution in [0.1, 0.15) is 37.8 Å². The van der Waals surface area contributed by atoms with Gasteiger partial charge in [0.25, 0.3) is 0 Å². The Bertz CT molecular complexity index is 800. The van der Waals surface area contributed by atoms with Crippen LogP contribution in [0.15, 0.2) is 48.5 Å². The molecule has 0 radical (unpaired) electrons. The molecular weight excluding hydrogens is 379 g/mol. The lowest BCUT2D eigenvalue weighted by Crippen LogP contribution is -2.34. The quantitative estimate of drug-likeness (QED) is 0.752. The number of rotatable bonds is 4. The van der Waals surface area contributed by atoms with Crippen molar-refractivity contribution in [3.8, 4) is 11.1 Å². The number of amides is 1. The summed E-state index contributed by atoms with van der Waals surface area (Å²) in [7, 11) is 0. The second-order valence-electron chi connectivity index (χ2n) is 7.69. The van der Waals surface area contributed by atoms with E-state index in [0.717, 1.165) is 54.1 Å². The molecule has 1 aliphatic carbocycles. The van der Waals surface area contributed by atoms with Gasteiger partial charge in [0.15, 0.2) is 0 Å². The third kappa shape index (κ3) is 4.16. The Hall–Kier alpha value is -1.55. The third-order valence-corrected chi connectivity index (χ3v) is 6.30. The molecule has 1 heterocycles. The summed E-state index contributed by atoms with van der Waals surface area (Å²) in [6.07, 6.45) is 3.30. The number of hydrogen-bond acceptors (Lipinski definition) is 2. The van der Waals surface area contributed by atoms with Crippen molar-refractivity contribution in [1.29, 1.82) is 0 Å². The fourth-order valence-corrected chi connectivity index (χ4v) is 4.48. The molecule has 1 saturated carbocycles. The van der Waals surface area contributed by atoms with Crippen molar-refractivity contribution in [2.24, 2.45) is 11.3 Å². The van der Waals surface area contributed by atoms with E-state index < -0.39 is 0 Å². The molecule has 3 nitrogen and oxygen atoms in total. The van der Waals surface area contributed by atoms with Crippen molar-refractivity contribution in [3.63, 3.8) is 0 Å². The lowest BCUT2D eigenvalue weighted by atomic mass is 9.91. The summed E-state index contributed by atoms with van der Waals surface area (Å²) in [5.74, 6) is 0.403. The van der Waals surface area contributed by atoms with Gasteiger partial charge in [-0.3, -0.25) is 4.79 Å². The highest BCUT2D eigenvalue weighted by Gasteiger charge is 2.57. The van der Waals surface area contributed by atoms with Crippen LogP contribution >= 0.6 is 24.0 Å². The number of hydrogen-bond donors (Lipinski definition) is 2. The second-order valence-corrected chi connectivity index (χ2v) is 8.13. The monoisotopic (exact) mass is 404 g/mol. The van der Waals surface area contributed by atoms with Gasteiger partial charge in [-0.15, -0.1) is 12.4 Å². The average molecular weight is 405 g/mol. The van der Waals surface area contributed by atoms with Crippen LogP contribution in [0, 0.1) is 11.3 Å². The van der Waals surface area contributed by atoms with E-state index in [0.29, 0.717) is 0 Å². The molecule has 2 aromatic rings. The molecule has 2 N–H and O–H groups in total. The van der Waals surface area contributed by atoms with Crippen LogP contribution in [-0.2, 0) is 4.79 Å². The lowest BCUT2D eigenvalue weighted by molar-refractivity contribution is -0.123. The molecule has 1 spiro atoms. The van der Waals surface area contributed by atoms with Gasteiger partial charge >= 0.3 is 0 Å². The Morgan fingerprint density at radius 3 is 2.52 bits per heavy atom. The molecule has 4 rings (SSSR count). The van der Waals surface area contributed by atoms with Crippen molar-refractivity contribution in [3.05, 3.63) is 59.1 Å². The summed E-state index contributed by atoms with van der Waals surface area (Å²) in [6, 6.07) is 16.1. The first-order chi connectivity index (χ1) is 12.6. The van der Waals surface area contributed by atoms with Gasteiger partial charge in [-0.05, 0) is 73.5 Å². The van der Waals surface area contributed by atoms with Crippen LogP contribution < -0.4 is 10.6 Å². The molecule has 1 saturated heterocycles. The molecule has 1 amide bonds. The predicted molar refractivity (Wildman–Crippen MR) is 113 cm³/mol. The van der Waals surface area contributed by atoms with Gasteiger partial charge in [0.2, 0.25) is 5.91 Å². The highest BCUT2D eigenvalue weighted by molar-refractivity contribution is 6.30. The van der Waals surface area contributed by atoms with E-state index in [2.05, 4.69) is 29.7 Å².